The Morgan fingerprint density at radius 2 is 1.91 bits per heavy atom. The van der Waals surface area contributed by atoms with Gasteiger partial charge in [-0.25, -0.2) is 4.79 Å². The topological polar surface area (TPSA) is 50.4 Å². The van der Waals surface area contributed by atoms with Crippen molar-refractivity contribution < 1.29 is 9.53 Å². The molecule has 0 atom stereocenters. The van der Waals surface area contributed by atoms with E-state index >= 15 is 0 Å². The van der Waals surface area contributed by atoms with Gasteiger partial charge in [-0.2, -0.15) is 0 Å². The van der Waals surface area contributed by atoms with Crippen LogP contribution in [0.1, 0.15) is 24.5 Å². The van der Waals surface area contributed by atoms with Crippen LogP contribution in [0.15, 0.2) is 48.5 Å². The van der Waals surface area contributed by atoms with Crippen LogP contribution >= 0.6 is 0 Å². The maximum Gasteiger partial charge on any atom is 0.321 e. The molecule has 0 spiro atoms. The lowest BCUT2D eigenvalue weighted by Crippen LogP contribution is -2.32. The minimum Gasteiger partial charge on any atom is -0.473 e. The molecular weight excluding hydrogens is 276 g/mol. The molecule has 22 heavy (non-hydrogen) atoms. The number of amides is 2. The molecule has 116 valence electrons. The van der Waals surface area contributed by atoms with Gasteiger partial charge < -0.3 is 15.4 Å². The molecule has 0 saturated heterocycles. The molecule has 0 heterocycles. The molecule has 2 aromatic carbocycles. The number of carbonyl (C=O) groups excluding carboxylic acids is 1. The van der Waals surface area contributed by atoms with Gasteiger partial charge in [-0.3, -0.25) is 0 Å². The zero-order valence-electron chi connectivity index (χ0n) is 13.1. The second kappa shape index (κ2) is 8.08. The summed E-state index contributed by atoms with van der Waals surface area (Å²) in [5.74, 6) is 0.746. The highest BCUT2D eigenvalue weighted by atomic mass is 16.5. The van der Waals surface area contributed by atoms with Crippen molar-refractivity contribution in [2.45, 2.75) is 26.7 Å². The number of anilines is 1. The number of nitrogens with one attached hydrogen (secondary N) is 2. The number of carbonyl (C=O) groups is 1. The Bertz CT molecular complexity index is 609. The number of rotatable bonds is 6. The molecule has 2 aromatic rings. The summed E-state index contributed by atoms with van der Waals surface area (Å²) in [4.78, 5) is 11.8. The Morgan fingerprint density at radius 1 is 1.14 bits per heavy atom. The van der Waals surface area contributed by atoms with Gasteiger partial charge in [-0.05, 0) is 48.7 Å². The quantitative estimate of drug-likeness (QED) is 0.789. The van der Waals surface area contributed by atoms with Gasteiger partial charge in [0.2, 0.25) is 0 Å². The number of aryl methyl sites for hydroxylation is 2. The van der Waals surface area contributed by atoms with Crippen LogP contribution in [0.4, 0.5) is 10.5 Å². The van der Waals surface area contributed by atoms with Gasteiger partial charge in [0, 0.05) is 5.69 Å². The highest BCUT2D eigenvalue weighted by Gasteiger charge is 2.01. The van der Waals surface area contributed by atoms with E-state index in [1.165, 1.54) is 5.56 Å². The molecule has 2 rings (SSSR count). The van der Waals surface area contributed by atoms with Crippen molar-refractivity contribution in [3.63, 3.8) is 0 Å². The standard InChI is InChI=1S/C18H22N2O2/c1-3-5-15-8-10-17(11-9-15)22-13-19-18(21)20-16-7-4-6-14(2)12-16/h4,6-12H,3,5,13H2,1-2H3,(H2,19,20,21). The lowest BCUT2D eigenvalue weighted by Gasteiger charge is -2.10. The van der Waals surface area contributed by atoms with Gasteiger partial charge in [0.15, 0.2) is 6.73 Å². The third kappa shape index (κ3) is 5.13. The van der Waals surface area contributed by atoms with Crippen molar-refractivity contribution in [3.05, 3.63) is 59.7 Å². The lowest BCUT2D eigenvalue weighted by atomic mass is 10.1. The van der Waals surface area contributed by atoms with Crippen LogP contribution in [0.25, 0.3) is 0 Å². The lowest BCUT2D eigenvalue weighted by molar-refractivity contribution is 0.234. The molecule has 0 aliphatic rings. The Balaban J connectivity index is 1.74. The molecule has 4 heteroatoms. The van der Waals surface area contributed by atoms with Crippen molar-refractivity contribution in [2.75, 3.05) is 12.0 Å². The van der Waals surface area contributed by atoms with Crippen LogP contribution in [0.3, 0.4) is 0 Å². The fraction of sp³-hybridized carbons (Fsp3) is 0.278. The van der Waals surface area contributed by atoms with Gasteiger partial charge in [-0.15, -0.1) is 0 Å². The monoisotopic (exact) mass is 298 g/mol. The zero-order valence-corrected chi connectivity index (χ0v) is 13.1. The average molecular weight is 298 g/mol. The van der Waals surface area contributed by atoms with E-state index in [-0.39, 0.29) is 12.8 Å². The molecule has 0 aliphatic heterocycles. The second-order valence-corrected chi connectivity index (χ2v) is 5.18. The van der Waals surface area contributed by atoms with Crippen LogP contribution in [-0.4, -0.2) is 12.8 Å². The van der Waals surface area contributed by atoms with Crippen LogP contribution < -0.4 is 15.4 Å². The molecule has 0 aromatic heterocycles. The highest BCUT2D eigenvalue weighted by molar-refractivity contribution is 5.89. The highest BCUT2D eigenvalue weighted by Crippen LogP contribution is 2.13. The van der Waals surface area contributed by atoms with Crippen molar-refractivity contribution >= 4 is 11.7 Å². The Kier molecular flexibility index (Phi) is 5.83. The van der Waals surface area contributed by atoms with Crippen molar-refractivity contribution in [1.82, 2.24) is 5.32 Å². The van der Waals surface area contributed by atoms with Gasteiger partial charge >= 0.3 is 6.03 Å². The summed E-state index contributed by atoms with van der Waals surface area (Å²) in [5, 5.41) is 5.43. The number of urea groups is 1. The molecule has 0 fully saturated rings. The summed E-state index contributed by atoms with van der Waals surface area (Å²) >= 11 is 0. The molecule has 0 unspecified atom stereocenters. The summed E-state index contributed by atoms with van der Waals surface area (Å²) in [6.07, 6.45) is 2.19. The largest absolute Gasteiger partial charge is 0.473 e. The maximum atomic E-state index is 11.8. The van der Waals surface area contributed by atoms with Crippen LogP contribution in [0.2, 0.25) is 0 Å². The van der Waals surface area contributed by atoms with E-state index in [0.29, 0.717) is 0 Å². The number of ether oxygens (including phenoxy) is 1. The Morgan fingerprint density at radius 3 is 2.59 bits per heavy atom. The van der Waals surface area contributed by atoms with E-state index in [1.54, 1.807) is 0 Å². The summed E-state index contributed by atoms with van der Waals surface area (Å²) in [6, 6.07) is 15.3. The maximum absolute atomic E-state index is 11.8. The van der Waals surface area contributed by atoms with Gasteiger partial charge in [-0.1, -0.05) is 37.6 Å². The number of hydrogen-bond acceptors (Lipinski definition) is 2. The van der Waals surface area contributed by atoms with Crippen LogP contribution in [-0.2, 0) is 6.42 Å². The van der Waals surface area contributed by atoms with E-state index < -0.39 is 0 Å². The molecule has 0 saturated carbocycles. The van der Waals surface area contributed by atoms with Crippen LogP contribution in [0, 0.1) is 6.92 Å². The molecule has 0 aliphatic carbocycles. The van der Waals surface area contributed by atoms with E-state index in [0.717, 1.165) is 29.8 Å². The SMILES string of the molecule is CCCc1ccc(OCNC(=O)Nc2cccc(C)c2)cc1. The zero-order chi connectivity index (χ0) is 15.8. The molecule has 2 amide bonds. The van der Waals surface area contributed by atoms with Crippen molar-refractivity contribution in [1.29, 1.82) is 0 Å². The summed E-state index contributed by atoms with van der Waals surface area (Å²) in [6.45, 7) is 4.26. The molecule has 0 bridgehead atoms. The first-order chi connectivity index (χ1) is 10.7. The molecular formula is C18H22N2O2. The van der Waals surface area contributed by atoms with Gasteiger partial charge in [0.1, 0.15) is 5.75 Å². The van der Waals surface area contributed by atoms with Crippen molar-refractivity contribution in [2.24, 2.45) is 0 Å². The summed E-state index contributed by atoms with van der Waals surface area (Å²) in [5.41, 5.74) is 3.16. The molecule has 0 radical (unpaired) electrons. The fourth-order valence-electron chi connectivity index (χ4n) is 2.12. The molecule has 4 nitrogen and oxygen atoms in total. The third-order valence-electron chi connectivity index (χ3n) is 3.21. The normalized spacial score (nSPS) is 10.1. The number of hydrogen-bond donors (Lipinski definition) is 2. The minimum absolute atomic E-state index is 0.130. The fourth-order valence-corrected chi connectivity index (χ4v) is 2.12. The predicted molar refractivity (Wildman–Crippen MR) is 89.3 cm³/mol. The van der Waals surface area contributed by atoms with Crippen molar-refractivity contribution in [3.8, 4) is 5.75 Å². The Hall–Kier alpha value is -2.49. The van der Waals surface area contributed by atoms with E-state index in [9.17, 15) is 4.79 Å². The van der Waals surface area contributed by atoms with E-state index in [4.69, 9.17) is 4.74 Å². The predicted octanol–water partition coefficient (Wildman–Crippen LogP) is 4.11. The first kappa shape index (κ1) is 15.9. The van der Waals surface area contributed by atoms with Crippen LogP contribution in [0.5, 0.6) is 5.75 Å². The minimum atomic E-state index is -0.284. The number of benzene rings is 2. The van der Waals surface area contributed by atoms with Gasteiger partial charge in [0.25, 0.3) is 0 Å². The third-order valence-corrected chi connectivity index (χ3v) is 3.21. The molecule has 2 N–H and O–H groups in total. The van der Waals surface area contributed by atoms with Gasteiger partial charge in [0.05, 0.1) is 0 Å². The summed E-state index contributed by atoms with van der Waals surface area (Å²) in [7, 11) is 0. The van der Waals surface area contributed by atoms with E-state index in [2.05, 4.69) is 17.6 Å². The first-order valence-corrected chi connectivity index (χ1v) is 7.50. The first-order valence-electron chi connectivity index (χ1n) is 7.50. The Labute approximate surface area is 131 Å². The van der Waals surface area contributed by atoms with E-state index in [1.807, 2.05) is 55.5 Å². The average Bonchev–Trinajstić information content (AvgIpc) is 2.49. The second-order valence-electron chi connectivity index (χ2n) is 5.18. The smallest absolute Gasteiger partial charge is 0.321 e. The summed E-state index contributed by atoms with van der Waals surface area (Å²) < 4.78 is 5.50.